The molecule has 2 atom stereocenters. The van der Waals surface area contributed by atoms with Crippen LogP contribution in [0.2, 0.25) is 0 Å². The number of nitrogens with zero attached hydrogens (tertiary/aromatic N) is 7. The number of aromatic nitrogens is 6. The number of unbranched alkanes of at least 4 members (excludes halogenated alkanes) is 2. The SMILES string of the molecule is COc1cccc(CN(Cc2nc(-c3ccc4ncnn4c3)c(-c3cccc(C)n3)[nH]2)C(=O)OCc2ccc(NC(=O)C(CCCNC(N)=O)NC(=O)[C@@H](NC(=O)CCCCCN3C(=O)C=CC3=O)C(C)C)cc2)c1. The predicted octanol–water partition coefficient (Wildman–Crippen LogP) is 5.34. The van der Waals surface area contributed by atoms with Crippen molar-refractivity contribution >= 4 is 53.0 Å². The van der Waals surface area contributed by atoms with E-state index in [1.807, 2.05) is 67.7 Å². The average Bonchev–Trinajstić information content (AvgIpc) is 4.13. The number of amides is 8. The minimum Gasteiger partial charge on any atom is -0.497 e. The first-order valence-electron chi connectivity index (χ1n) is 24.6. The van der Waals surface area contributed by atoms with Gasteiger partial charge < -0.3 is 41.5 Å². The van der Waals surface area contributed by atoms with Crippen molar-refractivity contribution in [2.45, 2.75) is 91.1 Å². The van der Waals surface area contributed by atoms with Crippen molar-refractivity contribution < 1.29 is 43.0 Å². The largest absolute Gasteiger partial charge is 0.497 e. The third kappa shape index (κ3) is 15.1. The molecule has 0 fully saturated rings. The number of H-pyrrole nitrogens is 1. The smallest absolute Gasteiger partial charge is 0.410 e. The van der Waals surface area contributed by atoms with Gasteiger partial charge in [0.2, 0.25) is 17.7 Å². The van der Waals surface area contributed by atoms with Crippen molar-refractivity contribution in [2.24, 2.45) is 11.7 Å². The van der Waals surface area contributed by atoms with Crippen LogP contribution in [-0.2, 0) is 48.4 Å². The Morgan fingerprint density at radius 1 is 0.840 bits per heavy atom. The molecule has 1 aliphatic heterocycles. The molecule has 7 rings (SSSR count). The molecule has 7 N–H and O–H groups in total. The molecular formula is C53H61N13O9. The lowest BCUT2D eigenvalue weighted by atomic mass is 10.0. The third-order valence-electron chi connectivity index (χ3n) is 12.2. The first-order valence-corrected chi connectivity index (χ1v) is 24.6. The molecular weight excluding hydrogens is 963 g/mol. The molecule has 4 aromatic heterocycles. The van der Waals surface area contributed by atoms with E-state index in [1.54, 1.807) is 49.7 Å². The fraction of sp³-hybridized carbons (Fsp3) is 0.340. The van der Waals surface area contributed by atoms with E-state index in [2.05, 4.69) is 36.3 Å². The summed E-state index contributed by atoms with van der Waals surface area (Å²) in [5.74, 6) is -1.45. The molecule has 0 aliphatic carbocycles. The van der Waals surface area contributed by atoms with E-state index < -0.39 is 36.0 Å². The molecule has 0 spiro atoms. The number of carbonyl (C=O) groups excluding carboxylic acids is 7. The number of carbonyl (C=O) groups is 7. The Hall–Kier alpha value is -8.95. The minimum absolute atomic E-state index is 0.0269. The van der Waals surface area contributed by atoms with Gasteiger partial charge in [-0.1, -0.05) is 50.6 Å². The quantitative estimate of drug-likeness (QED) is 0.0313. The van der Waals surface area contributed by atoms with Crippen molar-refractivity contribution in [2.75, 3.05) is 25.5 Å². The van der Waals surface area contributed by atoms with Crippen LogP contribution in [0.5, 0.6) is 5.75 Å². The van der Waals surface area contributed by atoms with E-state index >= 15 is 0 Å². The number of urea groups is 1. The van der Waals surface area contributed by atoms with Crippen LogP contribution in [0.15, 0.2) is 104 Å². The lowest BCUT2D eigenvalue weighted by Gasteiger charge is -2.25. The monoisotopic (exact) mass is 1020 g/mol. The van der Waals surface area contributed by atoms with E-state index in [-0.39, 0.29) is 75.7 Å². The molecule has 0 saturated heterocycles. The molecule has 0 bridgehead atoms. The Morgan fingerprint density at radius 2 is 1.61 bits per heavy atom. The normalized spacial score (nSPS) is 12.9. The molecule has 2 aromatic carbocycles. The number of primary amides is 1. The number of aryl methyl sites for hydroxylation is 1. The molecule has 75 heavy (non-hydrogen) atoms. The summed E-state index contributed by atoms with van der Waals surface area (Å²) in [6.45, 7) is 5.90. The van der Waals surface area contributed by atoms with E-state index in [9.17, 15) is 33.6 Å². The van der Waals surface area contributed by atoms with Crippen molar-refractivity contribution in [1.82, 2.24) is 55.3 Å². The second kappa shape index (κ2) is 25.6. The van der Waals surface area contributed by atoms with Crippen molar-refractivity contribution in [3.05, 3.63) is 126 Å². The number of imidazole rings is 1. The number of nitrogens with one attached hydrogen (secondary N) is 5. The van der Waals surface area contributed by atoms with Crippen molar-refractivity contribution in [3.8, 4) is 28.4 Å². The maximum absolute atomic E-state index is 14.1. The Bertz CT molecular complexity index is 3020. The number of fused-ring (bicyclic) bond motifs is 1. The molecule has 392 valence electrons. The second-order valence-electron chi connectivity index (χ2n) is 18.3. The van der Waals surface area contributed by atoms with Crippen LogP contribution in [-0.4, -0.2) is 113 Å². The molecule has 6 aromatic rings. The van der Waals surface area contributed by atoms with Crippen LogP contribution in [0.4, 0.5) is 15.3 Å². The highest BCUT2D eigenvalue weighted by atomic mass is 16.6. The second-order valence-corrected chi connectivity index (χ2v) is 18.3. The van der Waals surface area contributed by atoms with E-state index in [4.69, 9.17) is 25.2 Å². The Labute approximate surface area is 432 Å². The predicted molar refractivity (Wildman–Crippen MR) is 276 cm³/mol. The van der Waals surface area contributed by atoms with Crippen LogP contribution in [0.25, 0.3) is 28.3 Å². The van der Waals surface area contributed by atoms with Crippen LogP contribution in [0.3, 0.4) is 0 Å². The number of hydrogen-bond acceptors (Lipinski definition) is 13. The molecule has 1 aliphatic rings. The number of anilines is 1. The summed E-state index contributed by atoms with van der Waals surface area (Å²) in [6.07, 6.45) is 7.22. The third-order valence-corrected chi connectivity index (χ3v) is 12.2. The number of aromatic amines is 1. The fourth-order valence-electron chi connectivity index (χ4n) is 8.25. The Morgan fingerprint density at radius 3 is 2.35 bits per heavy atom. The number of nitrogens with two attached hydrogens (primary N) is 1. The zero-order valence-corrected chi connectivity index (χ0v) is 42.2. The number of imide groups is 1. The number of methoxy groups -OCH3 is 1. The average molecular weight is 1020 g/mol. The maximum Gasteiger partial charge on any atom is 0.410 e. The molecule has 5 heterocycles. The van der Waals surface area contributed by atoms with Gasteiger partial charge in [0.05, 0.1) is 30.7 Å². The number of rotatable bonds is 25. The minimum atomic E-state index is -1.07. The number of ether oxygens (including phenoxy) is 2. The van der Waals surface area contributed by atoms with E-state index in [0.717, 1.165) is 21.7 Å². The molecule has 8 amide bonds. The number of pyridine rings is 2. The van der Waals surface area contributed by atoms with E-state index in [1.165, 1.54) is 23.4 Å². The summed E-state index contributed by atoms with van der Waals surface area (Å²) < 4.78 is 13.0. The van der Waals surface area contributed by atoms with E-state index in [0.29, 0.717) is 64.8 Å². The fourth-order valence-corrected chi connectivity index (χ4v) is 8.25. The van der Waals surface area contributed by atoms with Crippen LogP contribution >= 0.6 is 0 Å². The summed E-state index contributed by atoms with van der Waals surface area (Å²) in [6, 6.07) is 20.7. The first-order chi connectivity index (χ1) is 36.1. The standard InChI is InChI=1S/C53H61N13O9/c1-33(2)47(63-44(67)16-6-5-7-26-65-45(68)23-24-46(65)69)51(71)60-41(15-10-25-55-52(54)72)50(70)59-38-20-17-35(18-21-38)31-75-53(73)64(28-36-12-9-13-39(27-36)74-4)30-42-61-48(37-19-22-43-56-32-57-66(43)29-37)49(62-42)40-14-8-11-34(3)58-40/h8-9,11-14,17-24,27,29,32-33,41,47H,5-7,10,15-16,25-26,28,30-31H2,1-4H3,(H,59,70)(H,60,71)(H,61,62)(H,63,67)(H3,54,55,72)/t41?,47-/m0/s1. The number of benzene rings is 2. The van der Waals surface area contributed by atoms with Gasteiger partial charge in [-0.2, -0.15) is 5.10 Å². The van der Waals surface area contributed by atoms with Gasteiger partial charge in [-0.05, 0) is 98.2 Å². The van der Waals surface area contributed by atoms with Crippen molar-refractivity contribution in [1.29, 1.82) is 0 Å². The molecule has 1 unspecified atom stereocenters. The summed E-state index contributed by atoms with van der Waals surface area (Å²) in [7, 11) is 1.57. The topological polar surface area (TPSA) is 290 Å². The van der Waals surface area contributed by atoms with Gasteiger partial charge >= 0.3 is 12.1 Å². The van der Waals surface area contributed by atoms with Gasteiger partial charge in [0.25, 0.3) is 11.8 Å². The van der Waals surface area contributed by atoms with Crippen LogP contribution < -0.4 is 31.7 Å². The van der Waals surface area contributed by atoms with Gasteiger partial charge in [-0.3, -0.25) is 38.8 Å². The zero-order chi connectivity index (χ0) is 53.4. The van der Waals surface area contributed by atoms with Gasteiger partial charge in [0.1, 0.15) is 36.6 Å². The maximum atomic E-state index is 14.1. The Kier molecular flexibility index (Phi) is 18.4. The van der Waals surface area contributed by atoms with Gasteiger partial charge in [-0.25, -0.2) is 24.1 Å². The van der Waals surface area contributed by atoms with Crippen LogP contribution in [0, 0.1) is 12.8 Å². The summed E-state index contributed by atoms with van der Waals surface area (Å²) in [5.41, 5.74) is 11.2. The molecule has 0 radical (unpaired) electrons. The Balaban J connectivity index is 0.993. The highest BCUT2D eigenvalue weighted by molar-refractivity contribution is 6.12. The molecule has 22 nitrogen and oxygen atoms in total. The molecule has 22 heteroatoms. The summed E-state index contributed by atoms with van der Waals surface area (Å²) in [4.78, 5) is 110. The highest BCUT2D eigenvalue weighted by Crippen LogP contribution is 2.30. The van der Waals surface area contributed by atoms with Crippen molar-refractivity contribution in [3.63, 3.8) is 0 Å². The highest BCUT2D eigenvalue weighted by Gasteiger charge is 2.30. The van der Waals surface area contributed by atoms with Gasteiger partial charge in [0, 0.05) is 61.3 Å². The number of hydrogen-bond donors (Lipinski definition) is 6. The lowest BCUT2D eigenvalue weighted by Crippen LogP contribution is -2.54. The van der Waals surface area contributed by atoms with Crippen LogP contribution in [0.1, 0.15) is 75.0 Å². The zero-order valence-electron chi connectivity index (χ0n) is 42.2. The van der Waals surface area contributed by atoms with Gasteiger partial charge in [0.15, 0.2) is 5.65 Å². The summed E-state index contributed by atoms with van der Waals surface area (Å²) in [5, 5.41) is 15.2. The lowest BCUT2D eigenvalue weighted by molar-refractivity contribution is -0.137. The summed E-state index contributed by atoms with van der Waals surface area (Å²) >= 11 is 0. The first kappa shape index (κ1) is 53.8. The van der Waals surface area contributed by atoms with Gasteiger partial charge in [-0.15, -0.1) is 0 Å². The molecule has 0 saturated carbocycles.